The van der Waals surface area contributed by atoms with E-state index in [1.165, 1.54) is 32.7 Å². The molecule has 0 aliphatic rings. The van der Waals surface area contributed by atoms with E-state index in [0.29, 0.717) is 0 Å². The lowest BCUT2D eigenvalue weighted by molar-refractivity contribution is 0.615. The molecule has 2 heteroatoms. The first-order valence-electron chi connectivity index (χ1n) is 12.2. The Hall–Kier alpha value is -4.82. The van der Waals surface area contributed by atoms with Crippen molar-refractivity contribution in [1.29, 1.82) is 0 Å². The Morgan fingerprint density at radius 1 is 0.417 bits per heavy atom. The molecule has 0 atom stereocenters. The maximum atomic E-state index is 6.57. The summed E-state index contributed by atoms with van der Waals surface area (Å²) in [5.41, 5.74) is 7.21. The van der Waals surface area contributed by atoms with Gasteiger partial charge < -0.3 is 8.83 Å². The molecular formula is C34H20O2. The summed E-state index contributed by atoms with van der Waals surface area (Å²) in [6.45, 7) is 0. The van der Waals surface area contributed by atoms with Gasteiger partial charge in [-0.05, 0) is 50.9 Å². The van der Waals surface area contributed by atoms with Crippen molar-refractivity contribution in [3.8, 4) is 22.3 Å². The molecule has 6 aromatic carbocycles. The van der Waals surface area contributed by atoms with Crippen LogP contribution in [0.2, 0.25) is 0 Å². The first-order chi connectivity index (χ1) is 17.9. The lowest BCUT2D eigenvalue weighted by Crippen LogP contribution is -1.91. The molecule has 0 radical (unpaired) electrons. The van der Waals surface area contributed by atoms with Crippen LogP contribution in [-0.4, -0.2) is 0 Å². The number of rotatable bonds is 2. The van der Waals surface area contributed by atoms with Crippen molar-refractivity contribution in [2.75, 3.05) is 0 Å². The zero-order valence-electron chi connectivity index (χ0n) is 19.4. The normalized spacial score (nSPS) is 11.9. The third kappa shape index (κ3) is 2.61. The Labute approximate surface area is 207 Å². The van der Waals surface area contributed by atoms with Gasteiger partial charge in [-0.1, -0.05) is 97.1 Å². The highest BCUT2D eigenvalue weighted by Crippen LogP contribution is 2.48. The fourth-order valence-corrected chi connectivity index (χ4v) is 5.83. The van der Waals surface area contributed by atoms with E-state index in [9.17, 15) is 0 Å². The van der Waals surface area contributed by atoms with E-state index < -0.39 is 0 Å². The van der Waals surface area contributed by atoms with E-state index in [1.807, 2.05) is 18.2 Å². The second-order valence-corrected chi connectivity index (χ2v) is 9.27. The molecule has 0 unspecified atom stereocenters. The predicted molar refractivity (Wildman–Crippen MR) is 149 cm³/mol. The van der Waals surface area contributed by atoms with Gasteiger partial charge in [-0.3, -0.25) is 0 Å². The lowest BCUT2D eigenvalue weighted by Gasteiger charge is -2.18. The van der Waals surface area contributed by atoms with Crippen molar-refractivity contribution in [2.24, 2.45) is 0 Å². The summed E-state index contributed by atoms with van der Waals surface area (Å²) >= 11 is 0. The quantitative estimate of drug-likeness (QED) is 0.240. The first kappa shape index (κ1) is 19.5. The van der Waals surface area contributed by atoms with Crippen LogP contribution in [0.4, 0.5) is 0 Å². The van der Waals surface area contributed by atoms with Gasteiger partial charge in [-0.25, -0.2) is 0 Å². The van der Waals surface area contributed by atoms with Crippen LogP contribution in [-0.2, 0) is 0 Å². The highest BCUT2D eigenvalue weighted by molar-refractivity contribution is 6.27. The molecular weight excluding hydrogens is 440 g/mol. The lowest BCUT2D eigenvalue weighted by atomic mass is 9.85. The van der Waals surface area contributed by atoms with Crippen molar-refractivity contribution in [3.05, 3.63) is 122 Å². The van der Waals surface area contributed by atoms with Crippen LogP contribution in [0.3, 0.4) is 0 Å². The van der Waals surface area contributed by atoms with E-state index in [0.717, 1.165) is 44.0 Å². The van der Waals surface area contributed by atoms with E-state index >= 15 is 0 Å². The Kier molecular flexibility index (Phi) is 3.97. The van der Waals surface area contributed by atoms with E-state index in [-0.39, 0.29) is 0 Å². The number of hydrogen-bond donors (Lipinski definition) is 0. The minimum atomic E-state index is 0.851. The van der Waals surface area contributed by atoms with Gasteiger partial charge in [0.05, 0.1) is 11.8 Å². The van der Waals surface area contributed by atoms with Crippen LogP contribution in [0.15, 0.2) is 130 Å². The van der Waals surface area contributed by atoms with Crippen molar-refractivity contribution in [1.82, 2.24) is 0 Å². The molecule has 0 saturated heterocycles. The molecule has 168 valence electrons. The monoisotopic (exact) mass is 460 g/mol. The van der Waals surface area contributed by atoms with Gasteiger partial charge >= 0.3 is 0 Å². The second kappa shape index (κ2) is 7.34. The molecule has 0 N–H and O–H groups in total. The van der Waals surface area contributed by atoms with Crippen molar-refractivity contribution in [2.45, 2.75) is 0 Å². The summed E-state index contributed by atoms with van der Waals surface area (Å²) in [6, 6.07) is 40.5. The molecule has 8 aromatic rings. The number of benzene rings is 6. The van der Waals surface area contributed by atoms with Crippen LogP contribution < -0.4 is 0 Å². The van der Waals surface area contributed by atoms with Crippen LogP contribution in [0, 0.1) is 0 Å². The van der Waals surface area contributed by atoms with E-state index in [1.54, 1.807) is 6.26 Å². The Bertz CT molecular complexity index is 2030. The first-order valence-corrected chi connectivity index (χ1v) is 12.2. The average molecular weight is 461 g/mol. The molecule has 0 saturated carbocycles. The topological polar surface area (TPSA) is 26.3 Å². The Morgan fingerprint density at radius 3 is 1.69 bits per heavy atom. The highest BCUT2D eigenvalue weighted by atomic mass is 16.3. The number of fused-ring (bicyclic) bond motifs is 6. The minimum Gasteiger partial charge on any atom is -0.464 e. The second-order valence-electron chi connectivity index (χ2n) is 9.27. The SMILES string of the molecule is c1ccc(-c2c3ccccc3c(-c3c4occc4cc4c3oc3ccccc34)c3ccccc23)cc1. The fourth-order valence-electron chi connectivity index (χ4n) is 5.83. The zero-order valence-corrected chi connectivity index (χ0v) is 19.4. The van der Waals surface area contributed by atoms with E-state index in [2.05, 4.69) is 97.1 Å². The van der Waals surface area contributed by atoms with Gasteiger partial charge in [0.2, 0.25) is 0 Å². The Morgan fingerprint density at radius 2 is 1.00 bits per heavy atom. The summed E-state index contributed by atoms with van der Waals surface area (Å²) in [7, 11) is 0. The molecule has 0 spiro atoms. The van der Waals surface area contributed by atoms with Crippen molar-refractivity contribution in [3.63, 3.8) is 0 Å². The maximum Gasteiger partial charge on any atom is 0.147 e. The zero-order chi connectivity index (χ0) is 23.6. The van der Waals surface area contributed by atoms with Gasteiger partial charge in [-0.15, -0.1) is 0 Å². The van der Waals surface area contributed by atoms with Gasteiger partial charge in [0.15, 0.2) is 0 Å². The predicted octanol–water partition coefficient (Wildman–Crippen LogP) is 9.97. The largest absolute Gasteiger partial charge is 0.464 e. The molecule has 2 aromatic heterocycles. The van der Waals surface area contributed by atoms with Crippen LogP contribution in [0.1, 0.15) is 0 Å². The minimum absolute atomic E-state index is 0.851. The Balaban J connectivity index is 1.64. The summed E-state index contributed by atoms with van der Waals surface area (Å²) in [5, 5.41) is 8.09. The van der Waals surface area contributed by atoms with Crippen molar-refractivity contribution >= 4 is 54.5 Å². The molecule has 2 heterocycles. The third-order valence-corrected chi connectivity index (χ3v) is 7.33. The molecule has 36 heavy (non-hydrogen) atoms. The fraction of sp³-hybridized carbons (Fsp3) is 0. The summed E-state index contributed by atoms with van der Waals surface area (Å²) in [5.74, 6) is 0. The van der Waals surface area contributed by atoms with Crippen molar-refractivity contribution < 1.29 is 8.83 Å². The number of para-hydroxylation sites is 1. The van der Waals surface area contributed by atoms with Gasteiger partial charge in [0.25, 0.3) is 0 Å². The van der Waals surface area contributed by atoms with Gasteiger partial charge in [0.1, 0.15) is 16.7 Å². The molecule has 2 nitrogen and oxygen atoms in total. The standard InChI is InChI=1S/C34H20O2/c1-2-10-21(11-3-1)30-24-13-4-6-15-26(24)31(27-16-7-5-14-25(27)30)32-33-22(18-19-35-33)20-28-23-12-8-9-17-29(23)36-34(28)32/h1-20H. The number of furan rings is 2. The highest BCUT2D eigenvalue weighted by Gasteiger charge is 2.23. The maximum absolute atomic E-state index is 6.57. The van der Waals surface area contributed by atoms with Crippen LogP contribution in [0.5, 0.6) is 0 Å². The average Bonchev–Trinajstić information content (AvgIpc) is 3.56. The molecule has 8 rings (SSSR count). The summed E-state index contributed by atoms with van der Waals surface area (Å²) in [6.07, 6.45) is 1.78. The number of hydrogen-bond acceptors (Lipinski definition) is 2. The summed E-state index contributed by atoms with van der Waals surface area (Å²) in [4.78, 5) is 0. The summed E-state index contributed by atoms with van der Waals surface area (Å²) < 4.78 is 12.7. The molecule has 0 aliphatic heterocycles. The molecule has 0 amide bonds. The molecule has 0 fully saturated rings. The molecule has 0 bridgehead atoms. The third-order valence-electron chi connectivity index (χ3n) is 7.33. The van der Waals surface area contributed by atoms with Crippen LogP contribution in [0.25, 0.3) is 76.7 Å². The van der Waals surface area contributed by atoms with Gasteiger partial charge in [-0.2, -0.15) is 0 Å². The van der Waals surface area contributed by atoms with E-state index in [4.69, 9.17) is 8.83 Å². The molecule has 0 aliphatic carbocycles. The van der Waals surface area contributed by atoms with Gasteiger partial charge in [0, 0.05) is 21.7 Å². The smallest absolute Gasteiger partial charge is 0.147 e. The van der Waals surface area contributed by atoms with Crippen LogP contribution >= 0.6 is 0 Å².